The largest absolute Gasteiger partial charge is 0.350 e. The Morgan fingerprint density at radius 1 is 1.30 bits per heavy atom. The van der Waals surface area contributed by atoms with Crippen LogP contribution in [0.3, 0.4) is 0 Å². The second-order valence-corrected chi connectivity index (χ2v) is 8.33. The van der Waals surface area contributed by atoms with Gasteiger partial charge in [-0.3, -0.25) is 4.79 Å². The predicted octanol–water partition coefficient (Wildman–Crippen LogP) is 3.29. The molecule has 1 aromatic rings. The lowest BCUT2D eigenvalue weighted by Crippen LogP contribution is -2.32. The van der Waals surface area contributed by atoms with Crippen molar-refractivity contribution >= 4 is 27.5 Å². The van der Waals surface area contributed by atoms with Crippen LogP contribution in [0.5, 0.6) is 0 Å². The first-order chi connectivity index (χ1) is 10.7. The van der Waals surface area contributed by atoms with Gasteiger partial charge in [0, 0.05) is 25.7 Å². The van der Waals surface area contributed by atoms with Crippen LogP contribution in [0.4, 0.5) is 0 Å². The van der Waals surface area contributed by atoms with Crippen molar-refractivity contribution in [3.63, 3.8) is 0 Å². The topological polar surface area (TPSA) is 66.5 Å². The SMILES string of the molecule is CCCCCC(C)NC(=O)c1ccc(Cl)c(S(=O)(=O)N(C)C)c1. The van der Waals surface area contributed by atoms with Gasteiger partial charge in [-0.2, -0.15) is 0 Å². The molecule has 1 aromatic carbocycles. The summed E-state index contributed by atoms with van der Waals surface area (Å²) >= 11 is 5.98. The van der Waals surface area contributed by atoms with Crippen molar-refractivity contribution < 1.29 is 13.2 Å². The predicted molar refractivity (Wildman–Crippen MR) is 93.4 cm³/mol. The van der Waals surface area contributed by atoms with Crippen LogP contribution >= 0.6 is 11.6 Å². The lowest BCUT2D eigenvalue weighted by atomic mass is 10.1. The van der Waals surface area contributed by atoms with Gasteiger partial charge in [0.1, 0.15) is 4.90 Å². The summed E-state index contributed by atoms with van der Waals surface area (Å²) in [5.41, 5.74) is 0.289. The second kappa shape index (κ2) is 8.66. The molecular formula is C16H25ClN2O3S. The van der Waals surface area contributed by atoms with Crippen LogP contribution in [0.15, 0.2) is 23.1 Å². The summed E-state index contributed by atoms with van der Waals surface area (Å²) < 4.78 is 25.5. The highest BCUT2D eigenvalue weighted by molar-refractivity contribution is 7.89. The van der Waals surface area contributed by atoms with Gasteiger partial charge in [-0.05, 0) is 31.5 Å². The van der Waals surface area contributed by atoms with Crippen molar-refractivity contribution in [1.82, 2.24) is 9.62 Å². The Kier molecular flexibility index (Phi) is 7.51. The molecule has 0 bridgehead atoms. The van der Waals surface area contributed by atoms with Gasteiger partial charge in [-0.25, -0.2) is 12.7 Å². The Balaban J connectivity index is 2.91. The summed E-state index contributed by atoms with van der Waals surface area (Å²) in [6, 6.07) is 4.34. The summed E-state index contributed by atoms with van der Waals surface area (Å²) in [6.07, 6.45) is 4.21. The molecule has 1 atom stereocenters. The van der Waals surface area contributed by atoms with E-state index in [4.69, 9.17) is 11.6 Å². The minimum absolute atomic E-state index is 0.0404. The number of carbonyl (C=O) groups is 1. The first-order valence-electron chi connectivity index (χ1n) is 7.73. The second-order valence-electron chi connectivity index (χ2n) is 5.80. The van der Waals surface area contributed by atoms with E-state index in [1.807, 2.05) is 6.92 Å². The van der Waals surface area contributed by atoms with Crippen molar-refractivity contribution in [2.75, 3.05) is 14.1 Å². The van der Waals surface area contributed by atoms with E-state index in [9.17, 15) is 13.2 Å². The van der Waals surface area contributed by atoms with E-state index in [1.165, 1.54) is 32.3 Å². The van der Waals surface area contributed by atoms with Crippen LogP contribution < -0.4 is 5.32 Å². The molecule has 5 nitrogen and oxygen atoms in total. The van der Waals surface area contributed by atoms with E-state index in [2.05, 4.69) is 12.2 Å². The molecule has 1 unspecified atom stereocenters. The fourth-order valence-electron chi connectivity index (χ4n) is 2.12. The van der Waals surface area contributed by atoms with Crippen LogP contribution in [-0.4, -0.2) is 38.8 Å². The fourth-order valence-corrected chi connectivity index (χ4v) is 3.51. The summed E-state index contributed by atoms with van der Waals surface area (Å²) in [6.45, 7) is 4.07. The standard InChI is InChI=1S/C16H25ClN2O3S/c1-5-6-7-8-12(2)18-16(20)13-9-10-14(17)15(11-13)23(21,22)19(3)4/h9-12H,5-8H2,1-4H3,(H,18,20). The average molecular weight is 361 g/mol. The van der Waals surface area contributed by atoms with Crippen molar-refractivity contribution in [2.24, 2.45) is 0 Å². The van der Waals surface area contributed by atoms with Crippen molar-refractivity contribution in [3.05, 3.63) is 28.8 Å². The number of nitrogens with one attached hydrogen (secondary N) is 1. The molecule has 7 heteroatoms. The number of hydrogen-bond donors (Lipinski definition) is 1. The third-order valence-electron chi connectivity index (χ3n) is 3.57. The first kappa shape index (κ1) is 19.9. The maximum absolute atomic E-state index is 12.3. The fraction of sp³-hybridized carbons (Fsp3) is 0.562. The molecule has 0 aliphatic heterocycles. The Morgan fingerprint density at radius 3 is 2.52 bits per heavy atom. The Bertz CT molecular complexity index is 645. The Morgan fingerprint density at radius 2 is 1.96 bits per heavy atom. The third-order valence-corrected chi connectivity index (χ3v) is 5.87. The van der Waals surface area contributed by atoms with Gasteiger partial charge >= 0.3 is 0 Å². The average Bonchev–Trinajstić information content (AvgIpc) is 2.47. The van der Waals surface area contributed by atoms with Gasteiger partial charge in [-0.15, -0.1) is 0 Å². The third kappa shape index (κ3) is 5.48. The van der Waals surface area contributed by atoms with Gasteiger partial charge in [0.2, 0.25) is 10.0 Å². The normalized spacial score (nSPS) is 13.1. The molecule has 0 heterocycles. The Labute approximate surface area is 144 Å². The highest BCUT2D eigenvalue weighted by Gasteiger charge is 2.22. The lowest BCUT2D eigenvalue weighted by Gasteiger charge is -2.16. The maximum atomic E-state index is 12.3. The lowest BCUT2D eigenvalue weighted by molar-refractivity contribution is 0.0937. The molecule has 0 aromatic heterocycles. The Hall–Kier alpha value is -1.11. The molecular weight excluding hydrogens is 336 g/mol. The summed E-state index contributed by atoms with van der Waals surface area (Å²) in [5, 5.41) is 2.99. The van der Waals surface area contributed by atoms with Crippen LogP contribution in [-0.2, 0) is 10.0 Å². The number of rotatable bonds is 8. The van der Waals surface area contributed by atoms with Crippen LogP contribution in [0.1, 0.15) is 49.9 Å². The zero-order valence-electron chi connectivity index (χ0n) is 14.1. The highest BCUT2D eigenvalue weighted by atomic mass is 35.5. The zero-order valence-corrected chi connectivity index (χ0v) is 15.7. The number of sulfonamides is 1. The molecule has 1 amide bonds. The molecule has 1 N–H and O–H groups in total. The van der Waals surface area contributed by atoms with Gasteiger partial charge in [-0.1, -0.05) is 37.8 Å². The zero-order chi connectivity index (χ0) is 17.6. The number of amides is 1. The number of benzene rings is 1. The number of nitrogens with zero attached hydrogens (tertiary/aromatic N) is 1. The van der Waals surface area contributed by atoms with Gasteiger partial charge in [0.05, 0.1) is 5.02 Å². The maximum Gasteiger partial charge on any atom is 0.251 e. The summed E-state index contributed by atoms with van der Waals surface area (Å²) in [5.74, 6) is -0.291. The minimum Gasteiger partial charge on any atom is -0.350 e. The van der Waals surface area contributed by atoms with E-state index >= 15 is 0 Å². The van der Waals surface area contributed by atoms with Crippen LogP contribution in [0.25, 0.3) is 0 Å². The quantitative estimate of drug-likeness (QED) is 0.723. The number of halogens is 1. The molecule has 23 heavy (non-hydrogen) atoms. The van der Waals surface area contributed by atoms with E-state index in [-0.39, 0.29) is 27.4 Å². The van der Waals surface area contributed by atoms with E-state index in [0.717, 1.165) is 30.0 Å². The number of carbonyl (C=O) groups excluding carboxylic acids is 1. The van der Waals surface area contributed by atoms with E-state index in [0.29, 0.717) is 0 Å². The van der Waals surface area contributed by atoms with E-state index in [1.54, 1.807) is 0 Å². The molecule has 0 aliphatic rings. The number of hydrogen-bond acceptors (Lipinski definition) is 3. The van der Waals surface area contributed by atoms with Gasteiger partial charge in [0.15, 0.2) is 0 Å². The van der Waals surface area contributed by atoms with E-state index < -0.39 is 10.0 Å². The summed E-state index contributed by atoms with van der Waals surface area (Å²) in [7, 11) is -0.839. The minimum atomic E-state index is -3.69. The van der Waals surface area contributed by atoms with Crippen molar-refractivity contribution in [3.8, 4) is 0 Å². The molecule has 0 spiro atoms. The summed E-state index contributed by atoms with van der Waals surface area (Å²) in [4.78, 5) is 12.2. The van der Waals surface area contributed by atoms with Crippen LogP contribution in [0.2, 0.25) is 5.02 Å². The molecule has 130 valence electrons. The van der Waals surface area contributed by atoms with Crippen molar-refractivity contribution in [2.45, 2.75) is 50.5 Å². The van der Waals surface area contributed by atoms with Gasteiger partial charge < -0.3 is 5.32 Å². The van der Waals surface area contributed by atoms with Crippen LogP contribution in [0, 0.1) is 0 Å². The molecule has 0 aliphatic carbocycles. The molecule has 0 saturated heterocycles. The van der Waals surface area contributed by atoms with Crippen molar-refractivity contribution in [1.29, 1.82) is 0 Å². The highest BCUT2D eigenvalue weighted by Crippen LogP contribution is 2.24. The molecule has 0 radical (unpaired) electrons. The molecule has 0 fully saturated rings. The molecule has 0 saturated carbocycles. The smallest absolute Gasteiger partial charge is 0.251 e. The first-order valence-corrected chi connectivity index (χ1v) is 9.55. The monoisotopic (exact) mass is 360 g/mol. The van der Waals surface area contributed by atoms with Gasteiger partial charge in [0.25, 0.3) is 5.91 Å². The number of unbranched alkanes of at least 4 members (excludes halogenated alkanes) is 2. The molecule has 1 rings (SSSR count).